The molecule has 3 heterocycles. The van der Waals surface area contributed by atoms with E-state index in [4.69, 9.17) is 15.5 Å². The summed E-state index contributed by atoms with van der Waals surface area (Å²) in [6.07, 6.45) is 14.2. The molecule has 172 valence electrons. The van der Waals surface area contributed by atoms with Gasteiger partial charge in [-0.3, -0.25) is 9.36 Å². The first-order valence-corrected chi connectivity index (χ1v) is 11.9. The van der Waals surface area contributed by atoms with Gasteiger partial charge in [0.2, 0.25) is 0 Å². The van der Waals surface area contributed by atoms with Crippen LogP contribution in [0.4, 0.5) is 0 Å². The number of rotatable bonds is 9. The van der Waals surface area contributed by atoms with Crippen molar-refractivity contribution in [1.29, 1.82) is 0 Å². The smallest absolute Gasteiger partial charge is 0.250 e. The van der Waals surface area contributed by atoms with Crippen LogP contribution >= 0.6 is 0 Å². The van der Waals surface area contributed by atoms with E-state index >= 15 is 0 Å². The van der Waals surface area contributed by atoms with Crippen molar-refractivity contribution >= 4 is 5.91 Å². The fraction of sp³-hybridized carbons (Fsp3) is 0.560. The van der Waals surface area contributed by atoms with Crippen LogP contribution in [0.5, 0.6) is 0 Å². The van der Waals surface area contributed by atoms with E-state index in [2.05, 4.69) is 16.5 Å². The highest BCUT2D eigenvalue weighted by Gasteiger charge is 2.33. The summed E-state index contributed by atoms with van der Waals surface area (Å²) in [5.74, 6) is 1.68. The molecule has 7 heteroatoms. The van der Waals surface area contributed by atoms with Gasteiger partial charge in [0.1, 0.15) is 12.1 Å². The fourth-order valence-electron chi connectivity index (χ4n) is 5.38. The van der Waals surface area contributed by atoms with Crippen molar-refractivity contribution in [3.8, 4) is 5.82 Å². The molecule has 1 saturated carbocycles. The number of nitrogens with zero attached hydrogens (tertiary/aromatic N) is 4. The highest BCUT2D eigenvalue weighted by molar-refractivity contribution is 5.94. The number of carbonyl (C=O) groups excluding carboxylic acids is 1. The number of nitrogens with two attached hydrogens (primary N) is 1. The van der Waals surface area contributed by atoms with E-state index in [1.807, 2.05) is 29.0 Å². The molecule has 1 aliphatic heterocycles. The maximum Gasteiger partial charge on any atom is 0.250 e. The molecule has 3 atom stereocenters. The molecular formula is C25H35N5O2. The predicted molar refractivity (Wildman–Crippen MR) is 125 cm³/mol. The molecule has 2 aromatic rings. The second-order valence-electron chi connectivity index (χ2n) is 9.18. The third-order valence-corrected chi connectivity index (χ3v) is 6.89. The Balaban J connectivity index is 1.52. The summed E-state index contributed by atoms with van der Waals surface area (Å²) < 4.78 is 7.61. The summed E-state index contributed by atoms with van der Waals surface area (Å²) in [6.45, 7) is 8.40. The number of carbonyl (C=O) groups is 1. The van der Waals surface area contributed by atoms with Gasteiger partial charge in [-0.1, -0.05) is 18.9 Å². The number of pyridine rings is 1. The number of imidazole rings is 1. The minimum atomic E-state index is -0.397. The van der Waals surface area contributed by atoms with E-state index in [1.54, 1.807) is 12.5 Å². The summed E-state index contributed by atoms with van der Waals surface area (Å²) in [4.78, 5) is 23.9. The van der Waals surface area contributed by atoms with Gasteiger partial charge in [0, 0.05) is 31.4 Å². The SMILES string of the molecule is C=CCOC[C@H]1CCCN(CC2CCCCC2c2nc(-n3ccnc3)ccc2C(N)=O)C1. The van der Waals surface area contributed by atoms with E-state index in [-0.39, 0.29) is 5.92 Å². The molecule has 0 spiro atoms. The molecule has 0 radical (unpaired) electrons. The minimum Gasteiger partial charge on any atom is -0.377 e. The summed E-state index contributed by atoms with van der Waals surface area (Å²) in [6, 6.07) is 3.68. The van der Waals surface area contributed by atoms with Gasteiger partial charge in [-0.2, -0.15) is 0 Å². The third-order valence-electron chi connectivity index (χ3n) is 6.89. The number of piperidine rings is 1. The molecule has 32 heavy (non-hydrogen) atoms. The lowest BCUT2D eigenvalue weighted by molar-refractivity contribution is 0.0627. The maximum absolute atomic E-state index is 12.3. The zero-order valence-corrected chi connectivity index (χ0v) is 18.9. The number of primary amides is 1. The molecule has 0 bridgehead atoms. The molecule has 2 N–H and O–H groups in total. The second-order valence-corrected chi connectivity index (χ2v) is 9.18. The molecule has 1 aliphatic carbocycles. The number of aromatic nitrogens is 3. The lowest BCUT2D eigenvalue weighted by Gasteiger charge is -2.39. The van der Waals surface area contributed by atoms with Gasteiger partial charge in [0.05, 0.1) is 24.5 Å². The Morgan fingerprint density at radius 1 is 1.25 bits per heavy atom. The van der Waals surface area contributed by atoms with Crippen molar-refractivity contribution in [2.24, 2.45) is 17.6 Å². The van der Waals surface area contributed by atoms with Gasteiger partial charge < -0.3 is 15.4 Å². The Labute approximate surface area is 190 Å². The number of hydrogen-bond donors (Lipinski definition) is 1. The van der Waals surface area contributed by atoms with Gasteiger partial charge in [0.15, 0.2) is 0 Å². The van der Waals surface area contributed by atoms with E-state index in [0.717, 1.165) is 57.0 Å². The molecule has 2 unspecified atom stereocenters. The Morgan fingerprint density at radius 3 is 2.91 bits per heavy atom. The van der Waals surface area contributed by atoms with Crippen molar-refractivity contribution in [1.82, 2.24) is 19.4 Å². The van der Waals surface area contributed by atoms with E-state index in [9.17, 15) is 4.79 Å². The van der Waals surface area contributed by atoms with Crippen molar-refractivity contribution in [3.63, 3.8) is 0 Å². The molecule has 1 saturated heterocycles. The number of ether oxygens (including phenoxy) is 1. The van der Waals surface area contributed by atoms with E-state index in [1.165, 1.54) is 19.3 Å². The van der Waals surface area contributed by atoms with Crippen LogP contribution in [0.15, 0.2) is 43.5 Å². The summed E-state index contributed by atoms with van der Waals surface area (Å²) >= 11 is 0. The normalized spacial score (nSPS) is 24.3. The molecular weight excluding hydrogens is 402 g/mol. The zero-order chi connectivity index (χ0) is 22.3. The maximum atomic E-state index is 12.3. The number of likely N-dealkylation sites (tertiary alicyclic amines) is 1. The molecule has 2 fully saturated rings. The average molecular weight is 438 g/mol. The first-order valence-electron chi connectivity index (χ1n) is 11.9. The van der Waals surface area contributed by atoms with Crippen LogP contribution in [-0.2, 0) is 4.74 Å². The second kappa shape index (κ2) is 10.9. The molecule has 1 amide bonds. The highest BCUT2D eigenvalue weighted by Crippen LogP contribution is 2.39. The third kappa shape index (κ3) is 5.45. The minimum absolute atomic E-state index is 0.243. The fourth-order valence-corrected chi connectivity index (χ4v) is 5.38. The van der Waals surface area contributed by atoms with Crippen LogP contribution in [0.25, 0.3) is 5.82 Å². The van der Waals surface area contributed by atoms with Crippen LogP contribution in [0.3, 0.4) is 0 Å². The standard InChI is InChI=1S/C25H35N5O2/c1-2-14-32-17-19-6-5-12-29(15-19)16-20-7-3-4-8-21(20)24-22(25(26)31)9-10-23(28-24)30-13-11-27-18-30/h2,9-11,13,18-21H,1,3-8,12,14-17H2,(H2,26,31)/t19-,20?,21?/m0/s1. The Morgan fingerprint density at radius 2 is 2.12 bits per heavy atom. The monoisotopic (exact) mass is 437 g/mol. The summed E-state index contributed by atoms with van der Waals surface area (Å²) in [7, 11) is 0. The molecule has 4 rings (SSSR count). The largest absolute Gasteiger partial charge is 0.377 e. The number of hydrogen-bond acceptors (Lipinski definition) is 5. The quantitative estimate of drug-likeness (QED) is 0.479. The van der Waals surface area contributed by atoms with Crippen molar-refractivity contribution in [2.45, 2.75) is 44.4 Å². The summed E-state index contributed by atoms with van der Waals surface area (Å²) in [5, 5.41) is 0. The lowest BCUT2D eigenvalue weighted by atomic mass is 9.75. The molecule has 2 aromatic heterocycles. The molecule has 2 aliphatic rings. The Hall–Kier alpha value is -2.51. The van der Waals surface area contributed by atoms with Gasteiger partial charge in [-0.05, 0) is 56.2 Å². The zero-order valence-electron chi connectivity index (χ0n) is 18.9. The van der Waals surface area contributed by atoms with Crippen molar-refractivity contribution in [3.05, 3.63) is 54.8 Å². The Kier molecular flexibility index (Phi) is 7.71. The highest BCUT2D eigenvalue weighted by atomic mass is 16.5. The van der Waals surface area contributed by atoms with Gasteiger partial charge >= 0.3 is 0 Å². The van der Waals surface area contributed by atoms with Gasteiger partial charge in [-0.25, -0.2) is 9.97 Å². The summed E-state index contributed by atoms with van der Waals surface area (Å²) in [5.41, 5.74) is 7.18. The predicted octanol–water partition coefficient (Wildman–Crippen LogP) is 3.55. The molecule has 0 aromatic carbocycles. The van der Waals surface area contributed by atoms with Crippen LogP contribution < -0.4 is 5.73 Å². The van der Waals surface area contributed by atoms with E-state index < -0.39 is 5.91 Å². The topological polar surface area (TPSA) is 86.3 Å². The van der Waals surface area contributed by atoms with Gasteiger partial charge in [-0.15, -0.1) is 6.58 Å². The first kappa shape index (κ1) is 22.7. The van der Waals surface area contributed by atoms with Crippen LogP contribution in [-0.4, -0.2) is 58.2 Å². The van der Waals surface area contributed by atoms with Crippen molar-refractivity contribution in [2.75, 3.05) is 32.8 Å². The lowest BCUT2D eigenvalue weighted by Crippen LogP contribution is -2.42. The van der Waals surface area contributed by atoms with E-state index in [0.29, 0.717) is 24.0 Å². The van der Waals surface area contributed by atoms with Gasteiger partial charge in [0.25, 0.3) is 5.91 Å². The first-order chi connectivity index (χ1) is 15.7. The van der Waals surface area contributed by atoms with Crippen LogP contribution in [0, 0.1) is 11.8 Å². The van der Waals surface area contributed by atoms with Crippen molar-refractivity contribution < 1.29 is 9.53 Å². The average Bonchev–Trinajstić information content (AvgIpc) is 3.35. The van der Waals surface area contributed by atoms with Crippen LogP contribution in [0.2, 0.25) is 0 Å². The molecule has 7 nitrogen and oxygen atoms in total. The number of amides is 1. The Bertz CT molecular complexity index is 898. The van der Waals surface area contributed by atoms with Crippen LogP contribution in [0.1, 0.15) is 60.5 Å².